The lowest BCUT2D eigenvalue weighted by atomic mass is 9.73. The zero-order valence-corrected chi connectivity index (χ0v) is 28.9. The lowest BCUT2D eigenvalue weighted by Gasteiger charge is -2.44. The van der Waals surface area contributed by atoms with Crippen molar-refractivity contribution in [2.45, 2.75) is 62.9 Å². The number of phenolic OH excluding ortho intramolecular Hbond substituents is 2. The van der Waals surface area contributed by atoms with E-state index in [4.69, 9.17) is 18.9 Å². The molecule has 2 aromatic carbocycles. The van der Waals surface area contributed by atoms with Crippen LogP contribution >= 0.6 is 31.9 Å². The molecule has 2 fully saturated rings. The molecule has 0 radical (unpaired) electrons. The van der Waals surface area contributed by atoms with Crippen molar-refractivity contribution in [2.24, 2.45) is 0 Å². The number of rotatable bonds is 3. The Morgan fingerprint density at radius 3 is 1.33 bits per heavy atom. The van der Waals surface area contributed by atoms with Crippen LogP contribution in [-0.4, -0.2) is 91.8 Å². The average molecular weight is 796 g/mol. The second kappa shape index (κ2) is 11.2. The summed E-state index contributed by atoms with van der Waals surface area (Å²) >= 11 is 6.76. The summed E-state index contributed by atoms with van der Waals surface area (Å²) in [4.78, 5) is 52.5. The summed E-state index contributed by atoms with van der Waals surface area (Å²) in [5, 5.41) is 68.7. The predicted molar refractivity (Wildman–Crippen MR) is 170 cm³/mol. The molecule has 4 atom stereocenters. The fraction of sp³-hybridized carbons (Fsp3) is 0.375. The molecule has 2 aromatic rings. The highest BCUT2D eigenvalue weighted by Crippen LogP contribution is 2.60. The fourth-order valence-corrected chi connectivity index (χ4v) is 8.03. The minimum atomic E-state index is -2.45. The van der Waals surface area contributed by atoms with Crippen molar-refractivity contribution >= 4 is 66.9 Å². The Balaban J connectivity index is 1.68. The quantitative estimate of drug-likeness (QED) is 0.245. The van der Waals surface area contributed by atoms with Crippen molar-refractivity contribution in [3.8, 4) is 34.1 Å². The summed E-state index contributed by atoms with van der Waals surface area (Å²) in [5.41, 5.74) is -7.07. The predicted octanol–water partition coefficient (Wildman–Crippen LogP) is 3.50. The third-order valence-corrected chi connectivity index (χ3v) is 11.3. The number of aromatic hydroxyl groups is 2. The molecule has 0 unspecified atom stereocenters. The molecule has 2 aliphatic heterocycles. The normalized spacial score (nSPS) is 26.1. The van der Waals surface area contributed by atoms with Crippen molar-refractivity contribution in [2.75, 3.05) is 14.2 Å². The zero-order chi connectivity index (χ0) is 35.4. The van der Waals surface area contributed by atoms with Gasteiger partial charge in [-0.1, -0.05) is 0 Å². The Bertz CT molecular complexity index is 1820. The number of hydrogen-bond donors (Lipinski definition) is 6. The average Bonchev–Trinajstić information content (AvgIpc) is 3.05. The number of ketones is 2. The molecule has 2 saturated carbocycles. The minimum absolute atomic E-state index is 0.0335. The Morgan fingerprint density at radius 2 is 1.02 bits per heavy atom. The zero-order valence-electron chi connectivity index (χ0n) is 25.7. The Kier molecular flexibility index (Phi) is 7.89. The molecule has 254 valence electrons. The SMILES string of the molecule is COC(=O)[C@]12Oc3c(Br)c(C)c(-c4c(C)c(Br)c5c(c4O)C(O)=C4C(=O)CC[C@H](O)[C@@]4(C(=O)OC)O5)c(O)c3C(O)=C1C(=O)CC[C@@H]2O. The van der Waals surface area contributed by atoms with Crippen LogP contribution in [0.25, 0.3) is 22.6 Å². The van der Waals surface area contributed by atoms with Crippen molar-refractivity contribution in [1.82, 2.24) is 0 Å². The number of carbonyl (C=O) groups excluding carboxylic acids is 4. The monoisotopic (exact) mass is 794 g/mol. The molecule has 6 N–H and O–H groups in total. The van der Waals surface area contributed by atoms with Gasteiger partial charge in [0.15, 0.2) is 23.1 Å². The summed E-state index contributed by atoms with van der Waals surface area (Å²) in [5.74, 6) is -7.67. The number of carbonyl (C=O) groups is 4. The van der Waals surface area contributed by atoms with Crippen LogP contribution < -0.4 is 9.47 Å². The molecule has 16 heteroatoms. The number of ether oxygens (including phenoxy) is 4. The largest absolute Gasteiger partial charge is 0.506 e. The number of aliphatic hydroxyl groups excluding tert-OH is 4. The number of Topliss-reactive ketones (excluding diaryl/α,β-unsaturated/α-hetero) is 2. The van der Waals surface area contributed by atoms with Gasteiger partial charge in [0.25, 0.3) is 11.2 Å². The molecular formula is C32H28Br2O14. The van der Waals surface area contributed by atoms with Crippen LogP contribution in [0, 0.1) is 13.8 Å². The molecule has 0 saturated heterocycles. The van der Waals surface area contributed by atoms with Crippen LogP contribution in [0.3, 0.4) is 0 Å². The van der Waals surface area contributed by atoms with E-state index in [0.29, 0.717) is 0 Å². The topological polar surface area (TPSA) is 227 Å². The molecule has 2 heterocycles. The van der Waals surface area contributed by atoms with Gasteiger partial charge in [0.2, 0.25) is 0 Å². The van der Waals surface area contributed by atoms with E-state index in [0.717, 1.165) is 14.2 Å². The van der Waals surface area contributed by atoms with Crippen LogP contribution in [0.4, 0.5) is 0 Å². The minimum Gasteiger partial charge on any atom is -0.506 e. The van der Waals surface area contributed by atoms with Gasteiger partial charge in [0.05, 0.1) is 34.3 Å². The van der Waals surface area contributed by atoms with Gasteiger partial charge in [-0.3, -0.25) is 9.59 Å². The third-order valence-electron chi connectivity index (χ3n) is 9.44. The number of phenols is 2. The first kappa shape index (κ1) is 33.8. The van der Waals surface area contributed by atoms with Gasteiger partial charge in [-0.2, -0.15) is 0 Å². The lowest BCUT2D eigenvalue weighted by molar-refractivity contribution is -0.170. The number of fused-ring (bicyclic) bond motifs is 4. The molecule has 0 spiro atoms. The molecule has 0 aromatic heterocycles. The van der Waals surface area contributed by atoms with Crippen LogP contribution in [-0.2, 0) is 28.7 Å². The molecule has 6 rings (SSSR count). The molecule has 0 bridgehead atoms. The van der Waals surface area contributed by atoms with Crippen LogP contribution in [0.2, 0.25) is 0 Å². The summed E-state index contributed by atoms with van der Waals surface area (Å²) < 4.78 is 21.8. The maximum atomic E-state index is 13.2. The van der Waals surface area contributed by atoms with Gasteiger partial charge in [-0.25, -0.2) is 9.59 Å². The molecule has 0 amide bonds. The highest BCUT2D eigenvalue weighted by Gasteiger charge is 2.63. The Labute approximate surface area is 288 Å². The van der Waals surface area contributed by atoms with E-state index in [1.807, 2.05) is 0 Å². The number of benzene rings is 2. The first-order valence-corrected chi connectivity index (χ1v) is 16.1. The highest BCUT2D eigenvalue weighted by atomic mass is 79.9. The van der Waals surface area contributed by atoms with E-state index < -0.39 is 92.2 Å². The summed E-state index contributed by atoms with van der Waals surface area (Å²) in [6.07, 6.45) is -4.11. The summed E-state index contributed by atoms with van der Waals surface area (Å²) in [6, 6.07) is 0. The standard InChI is InChI=1S/C32H28Br2O14/c1-9-15(23(39)17-25(41)19-11(35)5-7-13(37)31(19,29(43)45-3)47-27(17)21(9)33)16-10(2)22(34)28-18(24(16)40)26(42)20-12(36)6-8-14(38)32(20,48-28)30(44)46-4/h13-14,37-42H,5-8H2,1-4H3/t13-,14-,31+,32+/m0/s1. The first-order chi connectivity index (χ1) is 22.5. The molecular weight excluding hydrogens is 768 g/mol. The highest BCUT2D eigenvalue weighted by molar-refractivity contribution is 9.11. The smallest absolute Gasteiger partial charge is 0.358 e. The molecule has 48 heavy (non-hydrogen) atoms. The van der Waals surface area contributed by atoms with Crippen LogP contribution in [0.5, 0.6) is 23.0 Å². The van der Waals surface area contributed by atoms with Gasteiger partial charge in [-0.05, 0) is 69.7 Å². The number of methoxy groups -OCH3 is 2. The fourth-order valence-electron chi connectivity index (χ4n) is 7.07. The van der Waals surface area contributed by atoms with Crippen molar-refractivity contribution in [3.05, 3.63) is 42.3 Å². The van der Waals surface area contributed by atoms with Gasteiger partial charge < -0.3 is 49.6 Å². The van der Waals surface area contributed by atoms with Gasteiger partial charge >= 0.3 is 11.9 Å². The summed E-state index contributed by atoms with van der Waals surface area (Å²) in [6.45, 7) is 2.97. The third kappa shape index (κ3) is 4.02. The van der Waals surface area contributed by atoms with Gasteiger partial charge in [-0.15, -0.1) is 0 Å². The number of esters is 2. The maximum Gasteiger partial charge on any atom is 0.358 e. The molecule has 2 aliphatic carbocycles. The molecule has 4 aliphatic rings. The Hall–Kier alpha value is -4.12. The Morgan fingerprint density at radius 1 is 0.688 bits per heavy atom. The van der Waals surface area contributed by atoms with Crippen molar-refractivity contribution < 1.29 is 68.8 Å². The first-order valence-electron chi connectivity index (χ1n) is 14.5. The van der Waals surface area contributed by atoms with Crippen LogP contribution in [0.1, 0.15) is 47.9 Å². The van der Waals surface area contributed by atoms with E-state index >= 15 is 0 Å². The van der Waals surface area contributed by atoms with Crippen LogP contribution in [0.15, 0.2) is 20.1 Å². The summed E-state index contributed by atoms with van der Waals surface area (Å²) in [7, 11) is 2.03. The van der Waals surface area contributed by atoms with E-state index in [1.54, 1.807) is 0 Å². The lowest BCUT2D eigenvalue weighted by Crippen LogP contribution is -2.61. The number of hydrogen-bond acceptors (Lipinski definition) is 14. The molecule has 14 nitrogen and oxygen atoms in total. The van der Waals surface area contributed by atoms with Crippen molar-refractivity contribution in [3.63, 3.8) is 0 Å². The second-order valence-corrected chi connectivity index (χ2v) is 13.4. The number of halogens is 2. The van der Waals surface area contributed by atoms with E-state index in [-0.39, 0.29) is 68.4 Å². The van der Waals surface area contributed by atoms with E-state index in [9.17, 15) is 49.8 Å². The maximum absolute atomic E-state index is 13.2. The number of aliphatic hydroxyl groups is 4. The van der Waals surface area contributed by atoms with Gasteiger partial charge in [0, 0.05) is 24.0 Å². The van der Waals surface area contributed by atoms with E-state index in [1.165, 1.54) is 13.8 Å². The van der Waals surface area contributed by atoms with Crippen molar-refractivity contribution in [1.29, 1.82) is 0 Å². The van der Waals surface area contributed by atoms with E-state index in [2.05, 4.69) is 31.9 Å². The van der Waals surface area contributed by atoms with Gasteiger partial charge in [0.1, 0.15) is 46.4 Å². The second-order valence-electron chi connectivity index (χ2n) is 11.8.